The first kappa shape index (κ1) is 11.2. The van der Waals surface area contributed by atoms with Crippen LogP contribution in [-0.2, 0) is 11.2 Å². The van der Waals surface area contributed by atoms with Gasteiger partial charge in [0.25, 0.3) is 5.91 Å². The normalized spacial score (nSPS) is 12.1. The number of hydrogen-bond donors (Lipinski definition) is 2. The highest BCUT2D eigenvalue weighted by Gasteiger charge is 2.16. The van der Waals surface area contributed by atoms with Crippen molar-refractivity contribution < 1.29 is 14.7 Å². The number of nitrogens with two attached hydrogens (primary N) is 1. The summed E-state index contributed by atoms with van der Waals surface area (Å²) in [5.41, 5.74) is 13.0. The number of aliphatic carboxylic acids is 1. The smallest absolute Gasteiger partial charge is 0.320 e. The minimum Gasteiger partial charge on any atom is -0.480 e. The Labute approximate surface area is 86.7 Å². The van der Waals surface area contributed by atoms with E-state index < -0.39 is 17.9 Å². The molecule has 0 saturated carbocycles. The lowest BCUT2D eigenvalue weighted by Crippen LogP contribution is -2.32. The third kappa shape index (κ3) is 2.78. The van der Waals surface area contributed by atoms with Crippen molar-refractivity contribution in [2.75, 3.05) is 0 Å². The van der Waals surface area contributed by atoms with E-state index in [1.54, 1.807) is 18.2 Å². The van der Waals surface area contributed by atoms with Crippen LogP contribution in [0.25, 0.3) is 0 Å². The Hall–Kier alpha value is -1.88. The maximum Gasteiger partial charge on any atom is 0.320 e. The predicted molar refractivity (Wildman–Crippen MR) is 53.2 cm³/mol. The van der Waals surface area contributed by atoms with Gasteiger partial charge in [-0.2, -0.15) is 0 Å². The molecule has 15 heavy (non-hydrogen) atoms. The molecule has 0 heterocycles. The van der Waals surface area contributed by atoms with Gasteiger partial charge in [-0.15, -0.1) is 0 Å². The summed E-state index contributed by atoms with van der Waals surface area (Å²) in [5, 5.41) is 8.62. The average Bonchev–Trinajstić information content (AvgIpc) is 2.18. The fourth-order valence-electron chi connectivity index (χ4n) is 1.24. The Morgan fingerprint density at radius 3 is 2.53 bits per heavy atom. The van der Waals surface area contributed by atoms with Crippen LogP contribution in [0.4, 0.5) is 0 Å². The third-order valence-corrected chi connectivity index (χ3v) is 2.02. The van der Waals surface area contributed by atoms with Crippen LogP contribution in [0.15, 0.2) is 24.3 Å². The second kappa shape index (κ2) is 4.56. The van der Waals surface area contributed by atoms with Gasteiger partial charge in [0.2, 0.25) is 0 Å². The number of carboxylic acids is 1. The van der Waals surface area contributed by atoms with Crippen molar-refractivity contribution in [3.8, 4) is 0 Å². The van der Waals surface area contributed by atoms with Crippen LogP contribution in [-0.4, -0.2) is 23.0 Å². The number of rotatable bonds is 4. The fourth-order valence-corrected chi connectivity index (χ4v) is 1.24. The number of nitrogens with one attached hydrogen (secondary N) is 1. The van der Waals surface area contributed by atoms with Crippen LogP contribution in [0.5, 0.6) is 0 Å². The molecule has 1 rings (SSSR count). The lowest BCUT2D eigenvalue weighted by Gasteiger charge is -2.08. The molecule has 0 spiro atoms. The van der Waals surface area contributed by atoms with Gasteiger partial charge in [-0.1, -0.05) is 18.2 Å². The lowest BCUT2D eigenvalue weighted by molar-refractivity contribution is -0.138. The van der Waals surface area contributed by atoms with Gasteiger partial charge in [-0.25, -0.2) is 0 Å². The zero-order chi connectivity index (χ0) is 11.4. The van der Waals surface area contributed by atoms with E-state index in [9.17, 15) is 9.59 Å². The van der Waals surface area contributed by atoms with Crippen molar-refractivity contribution >= 4 is 11.9 Å². The molecule has 79 valence electrons. The maximum absolute atomic E-state index is 10.9. The molecule has 1 atom stereocenters. The molecule has 1 radical (unpaired) electrons. The summed E-state index contributed by atoms with van der Waals surface area (Å²) >= 11 is 0. The molecule has 0 aromatic heterocycles. The number of amides is 1. The fraction of sp³-hybridized carbons (Fsp3) is 0.200. The van der Waals surface area contributed by atoms with Crippen molar-refractivity contribution in [1.82, 2.24) is 5.73 Å². The zero-order valence-corrected chi connectivity index (χ0v) is 7.93. The third-order valence-electron chi connectivity index (χ3n) is 2.02. The van der Waals surface area contributed by atoms with Crippen molar-refractivity contribution in [2.45, 2.75) is 12.5 Å². The van der Waals surface area contributed by atoms with Crippen LogP contribution in [0.2, 0.25) is 0 Å². The maximum atomic E-state index is 10.9. The summed E-state index contributed by atoms with van der Waals surface area (Å²) in [6.45, 7) is 0. The molecule has 1 aromatic rings. The Kier molecular flexibility index (Phi) is 3.41. The highest BCUT2D eigenvalue weighted by Crippen LogP contribution is 2.10. The average molecular weight is 207 g/mol. The molecule has 0 unspecified atom stereocenters. The van der Waals surface area contributed by atoms with Crippen LogP contribution in [0.3, 0.4) is 0 Å². The first-order chi connectivity index (χ1) is 7.02. The molecule has 0 aliphatic rings. The Morgan fingerprint density at radius 2 is 2.00 bits per heavy atom. The molecular formula is C10H11N2O3. The molecule has 5 nitrogen and oxygen atoms in total. The minimum absolute atomic E-state index is 0.0517. The highest BCUT2D eigenvalue weighted by atomic mass is 16.4. The summed E-state index contributed by atoms with van der Waals surface area (Å²) in [7, 11) is 0. The van der Waals surface area contributed by atoms with Crippen molar-refractivity contribution in [1.29, 1.82) is 0 Å². The molecule has 0 aliphatic heterocycles. The van der Waals surface area contributed by atoms with Crippen molar-refractivity contribution in [3.05, 3.63) is 35.4 Å². The van der Waals surface area contributed by atoms with Gasteiger partial charge in [-0.3, -0.25) is 15.3 Å². The minimum atomic E-state index is -1.12. The van der Waals surface area contributed by atoms with Crippen molar-refractivity contribution in [2.24, 2.45) is 5.73 Å². The van der Waals surface area contributed by atoms with E-state index >= 15 is 0 Å². The lowest BCUT2D eigenvalue weighted by atomic mass is 10.0. The molecule has 5 heteroatoms. The number of hydrogen-bond acceptors (Lipinski definition) is 3. The van der Waals surface area contributed by atoms with E-state index in [1.807, 2.05) is 0 Å². The monoisotopic (exact) mass is 207 g/mol. The second-order valence-electron chi connectivity index (χ2n) is 3.14. The van der Waals surface area contributed by atoms with E-state index in [4.69, 9.17) is 16.6 Å². The topological polar surface area (TPSA) is 104 Å². The Morgan fingerprint density at radius 1 is 1.40 bits per heavy atom. The predicted octanol–water partition coefficient (Wildman–Crippen LogP) is 0.0641. The Bertz CT molecular complexity index is 390. The summed E-state index contributed by atoms with van der Waals surface area (Å²) in [4.78, 5) is 21.4. The van der Waals surface area contributed by atoms with Gasteiger partial charge < -0.3 is 10.8 Å². The molecule has 0 saturated heterocycles. The number of benzene rings is 1. The number of carbonyl (C=O) groups excluding carboxylic acids is 1. The Balaban J connectivity index is 2.94. The molecule has 0 aliphatic carbocycles. The molecule has 0 fully saturated rings. The zero-order valence-electron chi connectivity index (χ0n) is 7.93. The van der Waals surface area contributed by atoms with Gasteiger partial charge in [-0.05, 0) is 18.1 Å². The van der Waals surface area contributed by atoms with Crippen LogP contribution >= 0.6 is 0 Å². The van der Waals surface area contributed by atoms with Gasteiger partial charge in [0.1, 0.15) is 6.04 Å². The molecule has 1 aromatic carbocycles. The standard InChI is InChI=1S/C10H11N2O3/c11-8(10(14)15)5-6-3-1-2-4-7(6)9(12)13/h1-4,8,12H,5,11H2,(H,14,15)/t8-/m1/s1. The summed E-state index contributed by atoms with van der Waals surface area (Å²) in [5.74, 6) is -1.95. The van der Waals surface area contributed by atoms with E-state index in [0.29, 0.717) is 5.56 Å². The largest absolute Gasteiger partial charge is 0.480 e. The van der Waals surface area contributed by atoms with Crippen LogP contribution in [0, 0.1) is 0 Å². The summed E-state index contributed by atoms with van der Waals surface area (Å²) in [6, 6.07) is 5.34. The van der Waals surface area contributed by atoms with Crippen LogP contribution < -0.4 is 11.5 Å². The van der Waals surface area contributed by atoms with E-state index in [0.717, 1.165) is 0 Å². The number of carboxylic acid groups (broad SMARTS) is 1. The van der Waals surface area contributed by atoms with Gasteiger partial charge in [0, 0.05) is 5.56 Å². The van der Waals surface area contributed by atoms with E-state index in [2.05, 4.69) is 0 Å². The van der Waals surface area contributed by atoms with Gasteiger partial charge in [0.05, 0.1) is 0 Å². The highest BCUT2D eigenvalue weighted by molar-refractivity contribution is 5.93. The van der Waals surface area contributed by atoms with Gasteiger partial charge >= 0.3 is 5.97 Å². The van der Waals surface area contributed by atoms with Crippen molar-refractivity contribution in [3.63, 3.8) is 0 Å². The molecule has 1 amide bonds. The van der Waals surface area contributed by atoms with E-state index in [-0.39, 0.29) is 12.0 Å². The van der Waals surface area contributed by atoms with E-state index in [1.165, 1.54) is 6.07 Å². The second-order valence-corrected chi connectivity index (χ2v) is 3.14. The number of carbonyl (C=O) groups is 2. The quantitative estimate of drug-likeness (QED) is 0.728. The SMILES string of the molecule is [NH]C(=O)c1ccccc1C[C@@H](N)C(=O)O. The first-order valence-electron chi connectivity index (χ1n) is 4.34. The molecule has 4 N–H and O–H groups in total. The summed E-state index contributed by atoms with van der Waals surface area (Å²) in [6.07, 6.45) is 0.0517. The molecular weight excluding hydrogens is 196 g/mol. The van der Waals surface area contributed by atoms with Gasteiger partial charge in [0.15, 0.2) is 0 Å². The van der Waals surface area contributed by atoms with Crippen LogP contribution in [0.1, 0.15) is 15.9 Å². The first-order valence-corrected chi connectivity index (χ1v) is 4.34. The summed E-state index contributed by atoms with van der Waals surface area (Å²) < 4.78 is 0. The molecule has 0 bridgehead atoms.